The van der Waals surface area contributed by atoms with Gasteiger partial charge in [-0.25, -0.2) is 4.79 Å². The van der Waals surface area contributed by atoms with Crippen molar-refractivity contribution in [1.29, 1.82) is 0 Å². The van der Waals surface area contributed by atoms with Crippen LogP contribution in [-0.4, -0.2) is 55.8 Å². The largest absolute Gasteiger partial charge is 0.444 e. The second-order valence-electron chi connectivity index (χ2n) is 7.91. The molecule has 8 heteroatoms. The molecule has 0 spiro atoms. The predicted octanol–water partition coefficient (Wildman–Crippen LogP) is 2.01. The van der Waals surface area contributed by atoms with Crippen LogP contribution < -0.4 is 21.3 Å². The Bertz CT molecular complexity index is 494. The van der Waals surface area contributed by atoms with Crippen molar-refractivity contribution in [1.82, 2.24) is 21.3 Å². The normalized spacial score (nSPS) is 12.6. The highest BCUT2D eigenvalue weighted by Crippen LogP contribution is 2.16. The van der Waals surface area contributed by atoms with Gasteiger partial charge < -0.3 is 26.0 Å². The van der Waals surface area contributed by atoms with Gasteiger partial charge in [0, 0.05) is 32.6 Å². The standard InChI is InChI=1S/C19H39N5O3/c1-9-19(10-2,24-17(26)27-18(5,6)7)13-23-16(20-8)22-12-11-21-15(25)14(3)4/h14H,9-13H2,1-8H3,(H,21,25)(H,24,26)(H2,20,22,23). The van der Waals surface area contributed by atoms with Gasteiger partial charge in [0.25, 0.3) is 0 Å². The van der Waals surface area contributed by atoms with Crippen molar-refractivity contribution >= 4 is 18.0 Å². The number of nitrogens with one attached hydrogen (secondary N) is 4. The van der Waals surface area contributed by atoms with E-state index in [1.807, 2.05) is 48.5 Å². The fourth-order valence-corrected chi connectivity index (χ4v) is 2.29. The van der Waals surface area contributed by atoms with E-state index in [4.69, 9.17) is 4.74 Å². The lowest BCUT2D eigenvalue weighted by Gasteiger charge is -2.34. The van der Waals surface area contributed by atoms with Gasteiger partial charge in [0.15, 0.2) is 5.96 Å². The Kier molecular flexibility index (Phi) is 10.8. The Hall–Kier alpha value is -1.99. The zero-order valence-corrected chi connectivity index (χ0v) is 18.3. The summed E-state index contributed by atoms with van der Waals surface area (Å²) in [7, 11) is 1.68. The van der Waals surface area contributed by atoms with Crippen LogP contribution in [0.4, 0.5) is 4.79 Å². The van der Waals surface area contributed by atoms with Gasteiger partial charge >= 0.3 is 6.09 Å². The molecule has 0 aromatic rings. The van der Waals surface area contributed by atoms with Crippen LogP contribution in [0.1, 0.15) is 61.3 Å². The van der Waals surface area contributed by atoms with E-state index in [1.54, 1.807) is 7.05 Å². The topological polar surface area (TPSA) is 104 Å². The summed E-state index contributed by atoms with van der Waals surface area (Å²) >= 11 is 0. The smallest absolute Gasteiger partial charge is 0.408 e. The third kappa shape index (κ3) is 10.7. The van der Waals surface area contributed by atoms with Crippen molar-refractivity contribution in [3.05, 3.63) is 0 Å². The first-order chi connectivity index (χ1) is 12.5. The molecule has 4 N–H and O–H groups in total. The Morgan fingerprint density at radius 2 is 1.56 bits per heavy atom. The zero-order chi connectivity index (χ0) is 21.1. The van der Waals surface area contributed by atoms with Crippen LogP contribution in [0.5, 0.6) is 0 Å². The first kappa shape index (κ1) is 25.0. The lowest BCUT2D eigenvalue weighted by molar-refractivity contribution is -0.123. The molecule has 0 aliphatic carbocycles. The Labute approximate surface area is 164 Å². The van der Waals surface area contributed by atoms with E-state index in [0.717, 1.165) is 12.8 Å². The molecule has 0 aliphatic heterocycles. The van der Waals surface area contributed by atoms with E-state index in [2.05, 4.69) is 26.3 Å². The van der Waals surface area contributed by atoms with E-state index in [1.165, 1.54) is 0 Å². The third-order valence-corrected chi connectivity index (χ3v) is 4.18. The average molecular weight is 386 g/mol. The van der Waals surface area contributed by atoms with Crippen molar-refractivity contribution in [3.8, 4) is 0 Å². The van der Waals surface area contributed by atoms with Crippen molar-refractivity contribution in [2.24, 2.45) is 10.9 Å². The van der Waals surface area contributed by atoms with Crippen LogP contribution in [0.2, 0.25) is 0 Å². The van der Waals surface area contributed by atoms with E-state index in [-0.39, 0.29) is 11.8 Å². The van der Waals surface area contributed by atoms with Crippen LogP contribution in [0.15, 0.2) is 4.99 Å². The molecule has 27 heavy (non-hydrogen) atoms. The predicted molar refractivity (Wildman–Crippen MR) is 110 cm³/mol. The minimum atomic E-state index is -0.539. The van der Waals surface area contributed by atoms with Crippen molar-refractivity contribution in [3.63, 3.8) is 0 Å². The number of alkyl carbamates (subject to hydrolysis) is 1. The van der Waals surface area contributed by atoms with Crippen molar-refractivity contribution < 1.29 is 14.3 Å². The molecule has 0 radical (unpaired) electrons. The number of ether oxygens (including phenoxy) is 1. The fraction of sp³-hybridized carbons (Fsp3) is 0.842. The lowest BCUT2D eigenvalue weighted by atomic mass is 9.93. The summed E-state index contributed by atoms with van der Waals surface area (Å²) < 4.78 is 5.39. The van der Waals surface area contributed by atoms with Crippen LogP contribution in [0, 0.1) is 5.92 Å². The number of carbonyl (C=O) groups is 2. The van der Waals surface area contributed by atoms with Gasteiger partial charge in [-0.15, -0.1) is 0 Å². The number of nitrogens with zero attached hydrogens (tertiary/aromatic N) is 1. The molecule has 158 valence electrons. The highest BCUT2D eigenvalue weighted by Gasteiger charge is 2.30. The fourth-order valence-electron chi connectivity index (χ4n) is 2.29. The molecule has 0 bridgehead atoms. The number of guanidine groups is 1. The van der Waals surface area contributed by atoms with E-state index >= 15 is 0 Å². The minimum Gasteiger partial charge on any atom is -0.444 e. The molecule has 0 aromatic heterocycles. The maximum Gasteiger partial charge on any atom is 0.408 e. The third-order valence-electron chi connectivity index (χ3n) is 4.18. The monoisotopic (exact) mass is 385 g/mol. The van der Waals surface area contributed by atoms with Crippen LogP contribution in [0.3, 0.4) is 0 Å². The first-order valence-corrected chi connectivity index (χ1v) is 9.72. The van der Waals surface area contributed by atoms with Crippen LogP contribution in [-0.2, 0) is 9.53 Å². The highest BCUT2D eigenvalue weighted by molar-refractivity contribution is 5.80. The van der Waals surface area contributed by atoms with Gasteiger partial charge in [0.05, 0.1) is 5.54 Å². The highest BCUT2D eigenvalue weighted by atomic mass is 16.6. The van der Waals surface area contributed by atoms with Gasteiger partial charge in [-0.1, -0.05) is 27.7 Å². The number of hydrogen-bond donors (Lipinski definition) is 4. The SMILES string of the molecule is CCC(CC)(CNC(=NC)NCCNC(=O)C(C)C)NC(=O)OC(C)(C)C. The quantitative estimate of drug-likeness (QED) is 0.276. The second-order valence-corrected chi connectivity index (χ2v) is 7.91. The Balaban J connectivity index is 4.59. The summed E-state index contributed by atoms with van der Waals surface area (Å²) in [4.78, 5) is 27.9. The summed E-state index contributed by atoms with van der Waals surface area (Å²) in [5, 5.41) is 12.2. The van der Waals surface area contributed by atoms with E-state index in [9.17, 15) is 9.59 Å². The summed E-state index contributed by atoms with van der Waals surface area (Å²) in [5.41, 5.74) is -0.978. The molecule has 0 fully saturated rings. The van der Waals surface area contributed by atoms with Gasteiger partial charge in [-0.3, -0.25) is 9.79 Å². The molecular formula is C19H39N5O3. The molecule has 0 rings (SSSR count). The average Bonchev–Trinajstić information content (AvgIpc) is 2.57. The molecule has 2 amide bonds. The molecule has 0 atom stereocenters. The number of aliphatic imine (C=N–C) groups is 1. The molecular weight excluding hydrogens is 346 g/mol. The summed E-state index contributed by atoms with van der Waals surface area (Å²) in [6, 6.07) is 0. The summed E-state index contributed by atoms with van der Waals surface area (Å²) in [6.45, 7) is 14.9. The molecule has 0 aromatic carbocycles. The molecule has 0 unspecified atom stereocenters. The van der Waals surface area contributed by atoms with Crippen LogP contribution in [0.25, 0.3) is 0 Å². The molecule has 0 saturated carbocycles. The summed E-state index contributed by atoms with van der Waals surface area (Å²) in [5.74, 6) is 0.611. The van der Waals surface area contributed by atoms with Crippen molar-refractivity contribution in [2.75, 3.05) is 26.7 Å². The number of hydrogen-bond acceptors (Lipinski definition) is 4. The van der Waals surface area contributed by atoms with Gasteiger partial charge in [-0.2, -0.15) is 0 Å². The zero-order valence-electron chi connectivity index (χ0n) is 18.3. The van der Waals surface area contributed by atoms with Gasteiger partial charge in [0.2, 0.25) is 5.91 Å². The van der Waals surface area contributed by atoms with Crippen molar-refractivity contribution in [2.45, 2.75) is 72.4 Å². The number of carbonyl (C=O) groups excluding carboxylic acids is 2. The summed E-state index contributed by atoms with van der Waals surface area (Å²) in [6.07, 6.45) is 1.07. The van der Waals surface area contributed by atoms with Gasteiger partial charge in [0.1, 0.15) is 5.60 Å². The lowest BCUT2D eigenvalue weighted by Crippen LogP contribution is -2.57. The first-order valence-electron chi connectivity index (χ1n) is 9.72. The maximum atomic E-state index is 12.2. The van der Waals surface area contributed by atoms with E-state index < -0.39 is 17.2 Å². The second kappa shape index (κ2) is 11.7. The molecule has 0 aliphatic rings. The van der Waals surface area contributed by atoms with E-state index in [0.29, 0.717) is 25.6 Å². The Morgan fingerprint density at radius 1 is 1.00 bits per heavy atom. The molecule has 0 heterocycles. The van der Waals surface area contributed by atoms with Gasteiger partial charge in [-0.05, 0) is 33.6 Å². The molecule has 0 saturated heterocycles. The number of amides is 2. The maximum absolute atomic E-state index is 12.2. The van der Waals surface area contributed by atoms with Crippen LogP contribution >= 0.6 is 0 Å². The minimum absolute atomic E-state index is 0.0253. The molecule has 8 nitrogen and oxygen atoms in total. The Morgan fingerprint density at radius 3 is 2.00 bits per heavy atom. The number of rotatable bonds is 9.